The molecule has 3 heteroatoms. The van der Waals surface area contributed by atoms with Crippen molar-refractivity contribution in [2.75, 3.05) is 5.32 Å². The summed E-state index contributed by atoms with van der Waals surface area (Å²) in [4.78, 5) is 12.2. The number of nitriles is 1. The van der Waals surface area contributed by atoms with E-state index in [1.807, 2.05) is 24.3 Å². The Hall–Kier alpha value is -1.82. The second-order valence-electron chi connectivity index (χ2n) is 5.53. The van der Waals surface area contributed by atoms with E-state index in [0.29, 0.717) is 18.3 Å². The van der Waals surface area contributed by atoms with E-state index in [0.717, 1.165) is 11.3 Å². The van der Waals surface area contributed by atoms with E-state index in [2.05, 4.69) is 39.1 Å². The lowest BCUT2D eigenvalue weighted by Gasteiger charge is -2.23. The van der Waals surface area contributed by atoms with Crippen molar-refractivity contribution in [3.05, 3.63) is 29.8 Å². The number of carbonyl (C=O) groups excluding carboxylic acids is 1. The molecule has 0 aliphatic rings. The van der Waals surface area contributed by atoms with Crippen LogP contribution >= 0.6 is 0 Å². The molecule has 0 aliphatic carbocycles. The van der Waals surface area contributed by atoms with Gasteiger partial charge in [0.25, 0.3) is 0 Å². The van der Waals surface area contributed by atoms with Gasteiger partial charge in [0.2, 0.25) is 5.91 Å². The first-order valence-corrected chi connectivity index (χ1v) is 6.72. The van der Waals surface area contributed by atoms with Gasteiger partial charge >= 0.3 is 0 Å². The number of amides is 1. The summed E-state index contributed by atoms with van der Waals surface area (Å²) < 4.78 is 0. The molecule has 1 aromatic rings. The Bertz CT molecular complexity index is 447. The predicted molar refractivity (Wildman–Crippen MR) is 77.6 cm³/mol. The first-order valence-electron chi connectivity index (χ1n) is 6.72. The number of benzene rings is 1. The first-order chi connectivity index (χ1) is 8.95. The second kappa shape index (κ2) is 6.94. The average molecular weight is 258 g/mol. The molecule has 0 spiro atoms. The molecule has 102 valence electrons. The van der Waals surface area contributed by atoms with Crippen LogP contribution in [0.2, 0.25) is 0 Å². The molecule has 0 aromatic heterocycles. The van der Waals surface area contributed by atoms with Crippen LogP contribution in [0.15, 0.2) is 24.3 Å². The zero-order chi connectivity index (χ0) is 14.4. The number of rotatable bonds is 5. The lowest BCUT2D eigenvalue weighted by atomic mass is 9.85. The molecule has 0 fully saturated rings. The highest BCUT2D eigenvalue weighted by atomic mass is 16.1. The van der Waals surface area contributed by atoms with Crippen molar-refractivity contribution in [2.45, 2.75) is 34.1 Å². The standard InChI is InChI=1S/C16H22N2O/c1-11(2)15(12(3)4)16(19)18-14-7-5-13(6-8-14)9-10-17/h5-8,11-12,15H,9H2,1-4H3,(H,18,19). The van der Waals surface area contributed by atoms with Crippen molar-refractivity contribution in [3.8, 4) is 6.07 Å². The van der Waals surface area contributed by atoms with Gasteiger partial charge in [0.1, 0.15) is 0 Å². The number of nitrogens with one attached hydrogen (secondary N) is 1. The van der Waals surface area contributed by atoms with Crippen molar-refractivity contribution in [2.24, 2.45) is 17.8 Å². The van der Waals surface area contributed by atoms with Crippen molar-refractivity contribution < 1.29 is 4.79 Å². The molecule has 0 aliphatic heterocycles. The fraction of sp³-hybridized carbons (Fsp3) is 0.500. The van der Waals surface area contributed by atoms with Crippen LogP contribution in [0.4, 0.5) is 5.69 Å². The maximum Gasteiger partial charge on any atom is 0.228 e. The van der Waals surface area contributed by atoms with Crippen LogP contribution in [-0.4, -0.2) is 5.91 Å². The van der Waals surface area contributed by atoms with E-state index in [4.69, 9.17) is 5.26 Å². The van der Waals surface area contributed by atoms with Crippen LogP contribution in [0.25, 0.3) is 0 Å². The summed E-state index contributed by atoms with van der Waals surface area (Å²) in [5, 5.41) is 11.6. The summed E-state index contributed by atoms with van der Waals surface area (Å²) in [6.45, 7) is 8.28. The summed E-state index contributed by atoms with van der Waals surface area (Å²) in [5.41, 5.74) is 1.75. The molecule has 1 aromatic carbocycles. The summed E-state index contributed by atoms with van der Waals surface area (Å²) >= 11 is 0. The summed E-state index contributed by atoms with van der Waals surface area (Å²) in [6, 6.07) is 9.55. The van der Waals surface area contributed by atoms with Crippen LogP contribution in [0.5, 0.6) is 0 Å². The fourth-order valence-corrected chi connectivity index (χ4v) is 2.40. The molecule has 0 saturated carbocycles. The van der Waals surface area contributed by atoms with E-state index in [1.54, 1.807) is 0 Å². The van der Waals surface area contributed by atoms with E-state index >= 15 is 0 Å². The van der Waals surface area contributed by atoms with Gasteiger partial charge in [-0.3, -0.25) is 4.79 Å². The summed E-state index contributed by atoms with van der Waals surface area (Å²) in [6.07, 6.45) is 0.398. The largest absolute Gasteiger partial charge is 0.326 e. The SMILES string of the molecule is CC(C)C(C(=O)Nc1ccc(CC#N)cc1)C(C)C. The zero-order valence-corrected chi connectivity index (χ0v) is 12.1. The number of carbonyl (C=O) groups is 1. The lowest BCUT2D eigenvalue weighted by molar-refractivity contribution is -0.122. The van der Waals surface area contributed by atoms with Crippen LogP contribution in [0.3, 0.4) is 0 Å². The molecule has 0 radical (unpaired) electrons. The maximum atomic E-state index is 12.2. The minimum absolute atomic E-state index is 0.0128. The molecule has 0 bridgehead atoms. The number of anilines is 1. The van der Waals surface area contributed by atoms with Gasteiger partial charge in [0, 0.05) is 11.6 Å². The zero-order valence-electron chi connectivity index (χ0n) is 12.1. The number of hydrogen-bond acceptors (Lipinski definition) is 2. The second-order valence-corrected chi connectivity index (χ2v) is 5.53. The van der Waals surface area contributed by atoms with Crippen LogP contribution in [0, 0.1) is 29.1 Å². The van der Waals surface area contributed by atoms with Gasteiger partial charge in [0.05, 0.1) is 12.5 Å². The molecule has 0 heterocycles. The van der Waals surface area contributed by atoms with Gasteiger partial charge in [-0.15, -0.1) is 0 Å². The highest BCUT2D eigenvalue weighted by molar-refractivity contribution is 5.92. The molecular weight excluding hydrogens is 236 g/mol. The van der Waals surface area contributed by atoms with Gasteiger partial charge in [0.15, 0.2) is 0 Å². The Labute approximate surface area is 115 Å². The van der Waals surface area contributed by atoms with Crippen LogP contribution in [0.1, 0.15) is 33.3 Å². The summed E-state index contributed by atoms with van der Waals surface area (Å²) in [5.74, 6) is 0.715. The molecule has 0 saturated heterocycles. The molecule has 1 rings (SSSR count). The minimum atomic E-state index is 0.0128. The van der Waals surface area contributed by atoms with Crippen molar-refractivity contribution in [1.82, 2.24) is 0 Å². The Morgan fingerprint density at radius 1 is 1.16 bits per heavy atom. The first kappa shape index (κ1) is 15.2. The summed E-state index contributed by atoms with van der Waals surface area (Å²) in [7, 11) is 0. The van der Waals surface area contributed by atoms with Crippen LogP contribution < -0.4 is 5.32 Å². The quantitative estimate of drug-likeness (QED) is 0.877. The predicted octanol–water partition coefficient (Wildman–Crippen LogP) is 3.62. The van der Waals surface area contributed by atoms with Crippen molar-refractivity contribution >= 4 is 11.6 Å². The van der Waals surface area contributed by atoms with Gasteiger partial charge in [-0.2, -0.15) is 5.26 Å². The van der Waals surface area contributed by atoms with Gasteiger partial charge in [-0.1, -0.05) is 39.8 Å². The van der Waals surface area contributed by atoms with Gasteiger partial charge < -0.3 is 5.32 Å². The maximum absolute atomic E-state index is 12.2. The highest BCUT2D eigenvalue weighted by Gasteiger charge is 2.25. The van der Waals surface area contributed by atoms with Gasteiger partial charge in [-0.05, 0) is 29.5 Å². The van der Waals surface area contributed by atoms with E-state index < -0.39 is 0 Å². The third kappa shape index (κ3) is 4.40. The third-order valence-corrected chi connectivity index (χ3v) is 3.24. The fourth-order valence-electron chi connectivity index (χ4n) is 2.40. The Kier molecular flexibility index (Phi) is 5.57. The smallest absolute Gasteiger partial charge is 0.228 e. The molecule has 1 N–H and O–H groups in total. The molecular formula is C16H22N2O. The van der Waals surface area contributed by atoms with Crippen molar-refractivity contribution in [3.63, 3.8) is 0 Å². The average Bonchev–Trinajstić information content (AvgIpc) is 2.31. The van der Waals surface area contributed by atoms with Crippen LogP contribution in [-0.2, 0) is 11.2 Å². The molecule has 1 amide bonds. The lowest BCUT2D eigenvalue weighted by Crippen LogP contribution is -2.30. The third-order valence-electron chi connectivity index (χ3n) is 3.24. The normalized spacial score (nSPS) is 10.8. The van der Waals surface area contributed by atoms with Gasteiger partial charge in [-0.25, -0.2) is 0 Å². The van der Waals surface area contributed by atoms with Crippen molar-refractivity contribution in [1.29, 1.82) is 5.26 Å². The topological polar surface area (TPSA) is 52.9 Å². The minimum Gasteiger partial charge on any atom is -0.326 e. The van der Waals surface area contributed by atoms with E-state index in [-0.39, 0.29) is 11.8 Å². The molecule has 0 atom stereocenters. The number of nitrogens with zero attached hydrogens (tertiary/aromatic N) is 1. The number of hydrogen-bond donors (Lipinski definition) is 1. The molecule has 3 nitrogen and oxygen atoms in total. The molecule has 19 heavy (non-hydrogen) atoms. The Morgan fingerprint density at radius 2 is 1.68 bits per heavy atom. The Balaban J connectivity index is 2.73. The monoisotopic (exact) mass is 258 g/mol. The van der Waals surface area contributed by atoms with E-state index in [9.17, 15) is 4.79 Å². The highest BCUT2D eigenvalue weighted by Crippen LogP contribution is 2.22. The van der Waals surface area contributed by atoms with E-state index in [1.165, 1.54) is 0 Å². The Morgan fingerprint density at radius 3 is 2.11 bits per heavy atom. The molecule has 0 unspecified atom stereocenters.